The fourth-order valence-corrected chi connectivity index (χ4v) is 2.56. The normalized spacial score (nSPS) is 11.9. The molecule has 4 nitrogen and oxygen atoms in total. The molecule has 0 radical (unpaired) electrons. The van der Waals surface area contributed by atoms with E-state index in [1.54, 1.807) is 12.1 Å². The molecule has 0 bridgehead atoms. The average Bonchev–Trinajstić information content (AvgIpc) is 2.56. The predicted octanol–water partition coefficient (Wildman–Crippen LogP) is 5.07. The van der Waals surface area contributed by atoms with Crippen LogP contribution in [-0.4, -0.2) is 23.1 Å². The number of benzene rings is 1. The molecule has 0 heterocycles. The molecule has 1 atom stereocenters. The van der Waals surface area contributed by atoms with Gasteiger partial charge in [0, 0.05) is 0 Å². The molecule has 23 heavy (non-hydrogen) atoms. The van der Waals surface area contributed by atoms with Crippen molar-refractivity contribution in [2.24, 2.45) is 0 Å². The first-order chi connectivity index (χ1) is 11.1. The van der Waals surface area contributed by atoms with Gasteiger partial charge in [0.2, 0.25) is 0 Å². The lowest BCUT2D eigenvalue weighted by Gasteiger charge is -2.17. The van der Waals surface area contributed by atoms with Crippen LogP contribution < -0.4 is 0 Å². The highest BCUT2D eigenvalue weighted by molar-refractivity contribution is 6.02. The number of rotatable bonds is 11. The Morgan fingerprint density at radius 1 is 1.00 bits per heavy atom. The summed E-state index contributed by atoms with van der Waals surface area (Å²) in [7, 11) is 0. The van der Waals surface area contributed by atoms with Crippen molar-refractivity contribution in [2.45, 2.75) is 71.3 Å². The van der Waals surface area contributed by atoms with E-state index < -0.39 is 11.9 Å². The van der Waals surface area contributed by atoms with Gasteiger partial charge >= 0.3 is 11.9 Å². The topological polar surface area (TPSA) is 63.6 Å². The second kappa shape index (κ2) is 10.8. The predicted molar refractivity (Wildman–Crippen MR) is 90.9 cm³/mol. The van der Waals surface area contributed by atoms with E-state index in [1.165, 1.54) is 37.8 Å². The van der Waals surface area contributed by atoms with Crippen LogP contribution in [0.3, 0.4) is 0 Å². The Balaban J connectivity index is 2.49. The van der Waals surface area contributed by atoms with Gasteiger partial charge in [0.15, 0.2) is 0 Å². The van der Waals surface area contributed by atoms with Crippen molar-refractivity contribution in [3.8, 4) is 0 Å². The minimum atomic E-state index is -1.11. The first-order valence-electron chi connectivity index (χ1n) is 8.63. The molecule has 0 aliphatic carbocycles. The van der Waals surface area contributed by atoms with Gasteiger partial charge in [-0.1, -0.05) is 58.1 Å². The highest BCUT2D eigenvalue weighted by Crippen LogP contribution is 2.16. The fourth-order valence-electron chi connectivity index (χ4n) is 2.56. The monoisotopic (exact) mass is 320 g/mol. The maximum absolute atomic E-state index is 12.2. The summed E-state index contributed by atoms with van der Waals surface area (Å²) in [5, 5.41) is 9.14. The number of carbonyl (C=O) groups is 2. The van der Waals surface area contributed by atoms with Crippen LogP contribution >= 0.6 is 0 Å². The third-order valence-corrected chi connectivity index (χ3v) is 3.99. The molecular weight excluding hydrogens is 292 g/mol. The quantitative estimate of drug-likeness (QED) is 0.456. The van der Waals surface area contributed by atoms with E-state index in [9.17, 15) is 9.59 Å². The molecular formula is C19H28O4. The molecule has 1 aromatic rings. The molecule has 0 saturated heterocycles. The Labute approximate surface area is 138 Å². The first kappa shape index (κ1) is 19.2. The summed E-state index contributed by atoms with van der Waals surface area (Å²) in [6.45, 7) is 4.18. The Bertz CT molecular complexity index is 496. The minimum absolute atomic E-state index is 0.00748. The number of hydrogen-bond donors (Lipinski definition) is 1. The molecule has 0 fully saturated rings. The van der Waals surface area contributed by atoms with Gasteiger partial charge in [-0.15, -0.1) is 0 Å². The SMILES string of the molecule is CCCCCCCC[C@@H](CC)OC(=O)c1ccccc1C(=O)O. The van der Waals surface area contributed by atoms with Crippen LogP contribution in [0.4, 0.5) is 0 Å². The molecule has 0 aliphatic rings. The van der Waals surface area contributed by atoms with Crippen molar-refractivity contribution in [2.75, 3.05) is 0 Å². The minimum Gasteiger partial charge on any atom is -0.478 e. The number of hydrogen-bond acceptors (Lipinski definition) is 3. The van der Waals surface area contributed by atoms with Crippen molar-refractivity contribution >= 4 is 11.9 Å². The van der Waals surface area contributed by atoms with E-state index in [2.05, 4.69) is 6.92 Å². The van der Waals surface area contributed by atoms with Crippen molar-refractivity contribution < 1.29 is 19.4 Å². The van der Waals surface area contributed by atoms with E-state index >= 15 is 0 Å². The Kier molecular flexibility index (Phi) is 9.03. The van der Waals surface area contributed by atoms with E-state index in [-0.39, 0.29) is 17.2 Å². The van der Waals surface area contributed by atoms with Gasteiger partial charge < -0.3 is 9.84 Å². The molecule has 1 rings (SSSR count). The molecule has 0 saturated carbocycles. The second-order valence-electron chi connectivity index (χ2n) is 5.84. The van der Waals surface area contributed by atoms with Crippen molar-refractivity contribution in [3.63, 3.8) is 0 Å². The summed E-state index contributed by atoms with van der Waals surface area (Å²) < 4.78 is 5.50. The highest BCUT2D eigenvalue weighted by Gasteiger charge is 2.20. The lowest BCUT2D eigenvalue weighted by atomic mass is 10.1. The summed E-state index contributed by atoms with van der Waals surface area (Å²) in [5.74, 6) is -1.65. The zero-order valence-electron chi connectivity index (χ0n) is 14.2. The van der Waals surface area contributed by atoms with Crippen LogP contribution in [-0.2, 0) is 4.74 Å². The molecule has 0 spiro atoms. The van der Waals surface area contributed by atoms with Gasteiger partial charge in [0.05, 0.1) is 11.1 Å². The van der Waals surface area contributed by atoms with E-state index in [4.69, 9.17) is 9.84 Å². The Hall–Kier alpha value is -1.84. The second-order valence-corrected chi connectivity index (χ2v) is 5.84. The smallest absolute Gasteiger partial charge is 0.339 e. The van der Waals surface area contributed by atoms with Gasteiger partial charge in [-0.2, -0.15) is 0 Å². The van der Waals surface area contributed by atoms with Crippen LogP contribution in [0, 0.1) is 0 Å². The van der Waals surface area contributed by atoms with E-state index in [0.717, 1.165) is 25.7 Å². The van der Waals surface area contributed by atoms with Crippen LogP contribution in [0.25, 0.3) is 0 Å². The third kappa shape index (κ3) is 6.85. The maximum atomic E-state index is 12.2. The zero-order chi connectivity index (χ0) is 17.1. The zero-order valence-corrected chi connectivity index (χ0v) is 14.2. The molecule has 0 aliphatic heterocycles. The summed E-state index contributed by atoms with van der Waals surface area (Å²) in [6, 6.07) is 6.18. The molecule has 128 valence electrons. The van der Waals surface area contributed by atoms with Crippen LogP contribution in [0.2, 0.25) is 0 Å². The van der Waals surface area contributed by atoms with Crippen LogP contribution in [0.1, 0.15) is 85.9 Å². The summed E-state index contributed by atoms with van der Waals surface area (Å²) in [6.07, 6.45) is 8.63. The number of esters is 1. The standard InChI is InChI=1S/C19H28O4/c1-3-5-6-7-8-9-12-15(4-2)23-19(22)17-14-11-10-13-16(17)18(20)21/h10-11,13-15H,3-9,12H2,1-2H3,(H,20,21)/t15-/m1/s1. The Morgan fingerprint density at radius 2 is 1.61 bits per heavy atom. The van der Waals surface area contributed by atoms with Gasteiger partial charge in [-0.05, 0) is 31.4 Å². The van der Waals surface area contributed by atoms with Gasteiger partial charge in [0.25, 0.3) is 0 Å². The number of carboxylic acids is 1. The van der Waals surface area contributed by atoms with Crippen LogP contribution in [0.5, 0.6) is 0 Å². The molecule has 4 heteroatoms. The summed E-state index contributed by atoms with van der Waals surface area (Å²) in [4.78, 5) is 23.4. The number of carbonyl (C=O) groups excluding carboxylic acids is 1. The number of ether oxygens (including phenoxy) is 1. The highest BCUT2D eigenvalue weighted by atomic mass is 16.5. The van der Waals surface area contributed by atoms with Crippen molar-refractivity contribution in [1.29, 1.82) is 0 Å². The molecule has 1 aromatic carbocycles. The number of unbranched alkanes of at least 4 members (excludes halogenated alkanes) is 5. The lowest BCUT2D eigenvalue weighted by Crippen LogP contribution is -2.19. The van der Waals surface area contributed by atoms with E-state index in [1.807, 2.05) is 6.92 Å². The largest absolute Gasteiger partial charge is 0.478 e. The van der Waals surface area contributed by atoms with Crippen molar-refractivity contribution in [3.05, 3.63) is 35.4 Å². The molecule has 0 aromatic heterocycles. The third-order valence-electron chi connectivity index (χ3n) is 3.99. The van der Waals surface area contributed by atoms with Crippen LogP contribution in [0.15, 0.2) is 24.3 Å². The van der Waals surface area contributed by atoms with Gasteiger partial charge in [0.1, 0.15) is 6.10 Å². The molecule has 0 amide bonds. The van der Waals surface area contributed by atoms with Gasteiger partial charge in [-0.25, -0.2) is 9.59 Å². The van der Waals surface area contributed by atoms with Gasteiger partial charge in [-0.3, -0.25) is 0 Å². The molecule has 0 unspecified atom stereocenters. The fraction of sp³-hybridized carbons (Fsp3) is 0.579. The van der Waals surface area contributed by atoms with Crippen molar-refractivity contribution in [1.82, 2.24) is 0 Å². The number of aromatic carboxylic acids is 1. The Morgan fingerprint density at radius 3 is 2.22 bits per heavy atom. The average molecular weight is 320 g/mol. The summed E-state index contributed by atoms with van der Waals surface area (Å²) in [5.41, 5.74) is 0.119. The lowest BCUT2D eigenvalue weighted by molar-refractivity contribution is 0.0262. The summed E-state index contributed by atoms with van der Waals surface area (Å²) >= 11 is 0. The maximum Gasteiger partial charge on any atom is 0.339 e. The first-order valence-corrected chi connectivity index (χ1v) is 8.63. The van der Waals surface area contributed by atoms with E-state index in [0.29, 0.717) is 0 Å². The molecule has 1 N–H and O–H groups in total. The number of carboxylic acid groups (broad SMARTS) is 1.